The molecule has 0 bridgehead atoms. The molecule has 5 rings (SSSR count). The zero-order chi connectivity index (χ0) is 25.2. The zero-order valence-corrected chi connectivity index (χ0v) is 20.6. The van der Waals surface area contributed by atoms with Crippen molar-refractivity contribution in [2.75, 3.05) is 31.1 Å². The van der Waals surface area contributed by atoms with Crippen molar-refractivity contribution in [1.29, 1.82) is 0 Å². The van der Waals surface area contributed by atoms with Crippen LogP contribution in [0.15, 0.2) is 48.5 Å². The van der Waals surface area contributed by atoms with Crippen molar-refractivity contribution < 1.29 is 19.2 Å². The van der Waals surface area contributed by atoms with Gasteiger partial charge in [-0.05, 0) is 61.7 Å². The van der Waals surface area contributed by atoms with Crippen LogP contribution in [-0.4, -0.2) is 65.6 Å². The van der Waals surface area contributed by atoms with Crippen LogP contribution in [0.3, 0.4) is 0 Å². The van der Waals surface area contributed by atoms with Gasteiger partial charge in [0, 0.05) is 49.0 Å². The van der Waals surface area contributed by atoms with Gasteiger partial charge >= 0.3 is 6.03 Å². The van der Waals surface area contributed by atoms with Crippen LogP contribution in [0.25, 0.3) is 0 Å². The Bertz CT molecular complexity index is 1150. The number of hydrogen-bond acceptors (Lipinski definition) is 5. The van der Waals surface area contributed by atoms with E-state index in [1.807, 2.05) is 41.3 Å². The van der Waals surface area contributed by atoms with Crippen LogP contribution in [0.1, 0.15) is 58.9 Å². The summed E-state index contributed by atoms with van der Waals surface area (Å²) in [7, 11) is 0. The van der Waals surface area contributed by atoms with Crippen molar-refractivity contribution in [3.63, 3.8) is 0 Å². The lowest BCUT2D eigenvalue weighted by Gasteiger charge is -2.40. The molecule has 36 heavy (non-hydrogen) atoms. The lowest BCUT2D eigenvalue weighted by molar-refractivity contribution is -0.137. The fraction of sp³-hybridized carbons (Fsp3) is 0.429. The number of fused-ring (bicyclic) bond motifs is 1. The average molecular weight is 489 g/mol. The monoisotopic (exact) mass is 488 g/mol. The Labute approximate surface area is 211 Å². The summed E-state index contributed by atoms with van der Waals surface area (Å²) in [5, 5.41) is 3.00. The summed E-state index contributed by atoms with van der Waals surface area (Å²) in [5.41, 5.74) is 3.16. The van der Waals surface area contributed by atoms with Crippen LogP contribution < -0.4 is 10.2 Å². The first-order chi connectivity index (χ1) is 17.4. The SMILES string of the molecule is CC(=O)c1ccc(N2CCN(C(=O)c3ccc(CN4C(=O)NC5CCCCC5C4=O)cc3)CC2)cc1. The number of urea groups is 1. The Kier molecular flexibility index (Phi) is 6.76. The molecular formula is C28H32N4O4. The fourth-order valence-corrected chi connectivity index (χ4v) is 5.48. The van der Waals surface area contributed by atoms with Crippen LogP contribution in [0, 0.1) is 5.92 Å². The van der Waals surface area contributed by atoms with Gasteiger partial charge in [0.05, 0.1) is 12.5 Å². The minimum absolute atomic E-state index is 0.0232. The number of nitrogens with zero attached hydrogens (tertiary/aromatic N) is 3. The number of anilines is 1. The van der Waals surface area contributed by atoms with Gasteiger partial charge in [-0.15, -0.1) is 0 Å². The fourth-order valence-electron chi connectivity index (χ4n) is 5.48. The number of rotatable bonds is 5. The molecule has 2 aromatic rings. The van der Waals surface area contributed by atoms with Crippen molar-refractivity contribution in [1.82, 2.24) is 15.1 Å². The van der Waals surface area contributed by atoms with Crippen molar-refractivity contribution in [2.45, 2.75) is 45.2 Å². The lowest BCUT2D eigenvalue weighted by atomic mass is 9.82. The number of benzene rings is 2. The third-order valence-electron chi connectivity index (χ3n) is 7.65. The quantitative estimate of drug-likeness (QED) is 0.651. The molecule has 1 saturated carbocycles. The van der Waals surface area contributed by atoms with E-state index >= 15 is 0 Å². The molecule has 2 saturated heterocycles. The highest BCUT2D eigenvalue weighted by molar-refractivity contribution is 5.99. The molecule has 1 aliphatic carbocycles. The summed E-state index contributed by atoms with van der Waals surface area (Å²) in [4.78, 5) is 55.4. The number of piperazine rings is 1. The number of nitrogens with one attached hydrogen (secondary N) is 1. The molecule has 8 heteroatoms. The first kappa shape index (κ1) is 24.0. The van der Waals surface area contributed by atoms with Crippen molar-refractivity contribution in [2.24, 2.45) is 5.92 Å². The standard InChI is InChI=1S/C28H32N4O4/c1-19(33)21-10-12-23(13-11-21)30-14-16-31(17-15-30)26(34)22-8-6-20(7-9-22)18-32-27(35)24-4-2-3-5-25(24)29-28(32)36/h6-13,24-25H,2-5,14-18H2,1H3,(H,29,36). The molecule has 2 atom stereocenters. The van der Waals surface area contributed by atoms with Gasteiger partial charge in [0.15, 0.2) is 5.78 Å². The van der Waals surface area contributed by atoms with Gasteiger partial charge in [0.1, 0.15) is 0 Å². The van der Waals surface area contributed by atoms with E-state index in [1.54, 1.807) is 19.1 Å². The summed E-state index contributed by atoms with van der Waals surface area (Å²) in [6.45, 7) is 4.43. The Balaban J connectivity index is 1.17. The van der Waals surface area contributed by atoms with Gasteiger partial charge in [-0.1, -0.05) is 25.0 Å². The van der Waals surface area contributed by atoms with Crippen LogP contribution in [0.5, 0.6) is 0 Å². The molecule has 188 valence electrons. The molecule has 2 aliphatic heterocycles. The summed E-state index contributed by atoms with van der Waals surface area (Å²) in [6, 6.07) is 14.4. The molecular weight excluding hydrogens is 456 g/mol. The first-order valence-corrected chi connectivity index (χ1v) is 12.8. The number of amides is 4. The van der Waals surface area contributed by atoms with E-state index in [2.05, 4.69) is 10.2 Å². The van der Waals surface area contributed by atoms with Crippen molar-refractivity contribution in [3.05, 3.63) is 65.2 Å². The Morgan fingerprint density at radius 2 is 1.50 bits per heavy atom. The number of ketones is 1. The highest BCUT2D eigenvalue weighted by Gasteiger charge is 2.41. The third-order valence-corrected chi connectivity index (χ3v) is 7.65. The predicted molar refractivity (Wildman–Crippen MR) is 136 cm³/mol. The Morgan fingerprint density at radius 3 is 2.17 bits per heavy atom. The third kappa shape index (κ3) is 4.85. The second-order valence-electron chi connectivity index (χ2n) is 9.95. The summed E-state index contributed by atoms with van der Waals surface area (Å²) < 4.78 is 0. The largest absolute Gasteiger partial charge is 0.368 e. The number of imide groups is 1. The van der Waals surface area contributed by atoms with Crippen LogP contribution in [0.4, 0.5) is 10.5 Å². The van der Waals surface area contributed by atoms with E-state index in [-0.39, 0.29) is 42.1 Å². The second kappa shape index (κ2) is 10.1. The van der Waals surface area contributed by atoms with E-state index in [1.165, 1.54) is 4.90 Å². The van der Waals surface area contributed by atoms with Gasteiger partial charge in [-0.2, -0.15) is 0 Å². The molecule has 2 unspecified atom stereocenters. The molecule has 8 nitrogen and oxygen atoms in total. The van der Waals surface area contributed by atoms with Gasteiger partial charge in [-0.3, -0.25) is 19.3 Å². The summed E-state index contributed by atoms with van der Waals surface area (Å²) in [5.74, 6) is -0.183. The van der Waals surface area contributed by atoms with Crippen LogP contribution >= 0.6 is 0 Å². The molecule has 4 amide bonds. The number of carbonyl (C=O) groups excluding carboxylic acids is 4. The molecule has 3 aliphatic rings. The number of carbonyl (C=O) groups is 4. The topological polar surface area (TPSA) is 90.0 Å². The number of Topliss-reactive ketones (excluding diaryl/α,β-unsaturated/α-hetero) is 1. The smallest absolute Gasteiger partial charge is 0.324 e. The molecule has 0 radical (unpaired) electrons. The normalized spacial score (nSPS) is 22.2. The Morgan fingerprint density at radius 1 is 0.861 bits per heavy atom. The van der Waals surface area contributed by atoms with E-state index < -0.39 is 0 Å². The zero-order valence-electron chi connectivity index (χ0n) is 20.6. The van der Waals surface area contributed by atoms with Crippen molar-refractivity contribution in [3.8, 4) is 0 Å². The molecule has 0 aromatic heterocycles. The number of hydrogen-bond donors (Lipinski definition) is 1. The van der Waals surface area contributed by atoms with Gasteiger partial charge in [0.2, 0.25) is 5.91 Å². The maximum atomic E-state index is 13.1. The molecule has 2 heterocycles. The van der Waals surface area contributed by atoms with E-state index in [0.717, 1.165) is 50.0 Å². The van der Waals surface area contributed by atoms with E-state index in [4.69, 9.17) is 0 Å². The maximum Gasteiger partial charge on any atom is 0.324 e. The minimum Gasteiger partial charge on any atom is -0.368 e. The van der Waals surface area contributed by atoms with Crippen LogP contribution in [-0.2, 0) is 11.3 Å². The predicted octanol–water partition coefficient (Wildman–Crippen LogP) is 3.46. The highest BCUT2D eigenvalue weighted by Crippen LogP contribution is 2.30. The van der Waals surface area contributed by atoms with Gasteiger partial charge in [-0.25, -0.2) is 4.79 Å². The van der Waals surface area contributed by atoms with Crippen molar-refractivity contribution >= 4 is 29.3 Å². The molecule has 2 aromatic carbocycles. The minimum atomic E-state index is -0.322. The van der Waals surface area contributed by atoms with E-state index in [9.17, 15) is 19.2 Å². The maximum absolute atomic E-state index is 13.1. The second-order valence-corrected chi connectivity index (χ2v) is 9.95. The Hall–Kier alpha value is -3.68. The lowest BCUT2D eigenvalue weighted by Crippen LogP contribution is -2.60. The van der Waals surface area contributed by atoms with Gasteiger partial charge < -0.3 is 15.1 Å². The summed E-state index contributed by atoms with van der Waals surface area (Å²) >= 11 is 0. The van der Waals surface area contributed by atoms with E-state index in [0.29, 0.717) is 24.2 Å². The van der Waals surface area contributed by atoms with Gasteiger partial charge in [0.25, 0.3) is 5.91 Å². The molecule has 1 N–H and O–H groups in total. The first-order valence-electron chi connectivity index (χ1n) is 12.8. The molecule has 3 fully saturated rings. The highest BCUT2D eigenvalue weighted by atomic mass is 16.2. The average Bonchev–Trinajstić information content (AvgIpc) is 2.91. The summed E-state index contributed by atoms with van der Waals surface area (Å²) in [6.07, 6.45) is 3.76. The van der Waals surface area contributed by atoms with Crippen LogP contribution in [0.2, 0.25) is 0 Å². The molecule has 0 spiro atoms.